The van der Waals surface area contributed by atoms with E-state index >= 15 is 0 Å². The highest BCUT2D eigenvalue weighted by Gasteiger charge is 1.77. The average molecular weight is 135 g/mol. The van der Waals surface area contributed by atoms with E-state index in [0.29, 0.717) is 0 Å². The van der Waals surface area contributed by atoms with Gasteiger partial charge < -0.3 is 0 Å². The van der Waals surface area contributed by atoms with Crippen molar-refractivity contribution in [3.8, 4) is 0 Å². The summed E-state index contributed by atoms with van der Waals surface area (Å²) in [4.78, 5) is 3.82. The van der Waals surface area contributed by atoms with Gasteiger partial charge in [-0.15, -0.1) is 0 Å². The molecule has 0 amide bonds. The minimum atomic E-state index is 1.08. The first-order valence-corrected chi connectivity index (χ1v) is 3.22. The highest BCUT2D eigenvalue weighted by Crippen LogP contribution is 1.95. The van der Waals surface area contributed by atoms with Crippen molar-refractivity contribution < 1.29 is 0 Å². The number of allylic oxidation sites excluding steroid dienone is 5. The number of rotatable bonds is 3. The maximum Gasteiger partial charge on any atom is 0.0277 e. The molecule has 0 saturated heterocycles. The van der Waals surface area contributed by atoms with Gasteiger partial charge in [0.05, 0.1) is 0 Å². The Morgan fingerprint density at radius 3 is 2.60 bits per heavy atom. The van der Waals surface area contributed by atoms with Crippen LogP contribution in [0.4, 0.5) is 0 Å². The Balaban J connectivity index is 4.17. The summed E-state index contributed by atoms with van der Waals surface area (Å²) < 4.78 is 0. The molecule has 1 nitrogen and oxygen atoms in total. The van der Waals surface area contributed by atoms with Crippen LogP contribution in [-0.2, 0) is 0 Å². The molecule has 0 rings (SSSR count). The van der Waals surface area contributed by atoms with Crippen LogP contribution >= 0.6 is 0 Å². The summed E-state index contributed by atoms with van der Waals surface area (Å²) in [5.74, 6) is 0. The molecule has 0 aliphatic carbocycles. The summed E-state index contributed by atoms with van der Waals surface area (Å²) in [6.45, 7) is 5.62. The van der Waals surface area contributed by atoms with Gasteiger partial charge in [0, 0.05) is 13.3 Å². The van der Waals surface area contributed by atoms with Gasteiger partial charge in [-0.05, 0) is 18.6 Å². The number of nitrogens with zero attached hydrogens (tertiary/aromatic N) is 1. The van der Waals surface area contributed by atoms with Crippen molar-refractivity contribution in [2.75, 3.05) is 7.05 Å². The molecule has 0 bridgehead atoms. The van der Waals surface area contributed by atoms with Gasteiger partial charge in [-0.25, -0.2) is 0 Å². The molecule has 0 unspecified atom stereocenters. The van der Waals surface area contributed by atoms with E-state index in [2.05, 4.69) is 11.6 Å². The molecule has 0 spiro atoms. The number of hydrogen-bond acceptors (Lipinski definition) is 1. The molecular formula is C9H13N. The second-order valence-corrected chi connectivity index (χ2v) is 1.78. The van der Waals surface area contributed by atoms with Gasteiger partial charge in [0.15, 0.2) is 0 Å². The van der Waals surface area contributed by atoms with Crippen molar-refractivity contribution in [2.24, 2.45) is 4.99 Å². The third kappa shape index (κ3) is 3.84. The largest absolute Gasteiger partial charge is 0.296 e. The van der Waals surface area contributed by atoms with Crippen molar-refractivity contribution in [2.45, 2.75) is 6.92 Å². The molecule has 0 aromatic rings. The molecule has 0 radical (unpaired) electrons. The molecule has 0 aromatic heterocycles. The van der Waals surface area contributed by atoms with Crippen molar-refractivity contribution in [1.29, 1.82) is 0 Å². The van der Waals surface area contributed by atoms with E-state index in [-0.39, 0.29) is 0 Å². The smallest absolute Gasteiger partial charge is 0.0277 e. The Labute approximate surface area is 62.5 Å². The van der Waals surface area contributed by atoms with Crippen molar-refractivity contribution >= 4 is 6.21 Å². The molecule has 0 aliphatic heterocycles. The van der Waals surface area contributed by atoms with Gasteiger partial charge in [0.25, 0.3) is 0 Å². The van der Waals surface area contributed by atoms with E-state index in [1.54, 1.807) is 19.3 Å². The summed E-state index contributed by atoms with van der Waals surface area (Å²) in [6, 6.07) is 0. The zero-order valence-corrected chi connectivity index (χ0v) is 6.54. The fourth-order valence-corrected chi connectivity index (χ4v) is 0.545. The highest BCUT2D eigenvalue weighted by atomic mass is 14.6. The van der Waals surface area contributed by atoms with Gasteiger partial charge in [0.1, 0.15) is 0 Å². The van der Waals surface area contributed by atoms with Crippen molar-refractivity contribution in [1.82, 2.24) is 0 Å². The topological polar surface area (TPSA) is 12.4 Å². The minimum absolute atomic E-state index is 1.08. The highest BCUT2D eigenvalue weighted by molar-refractivity contribution is 5.73. The van der Waals surface area contributed by atoms with Gasteiger partial charge >= 0.3 is 0 Å². The summed E-state index contributed by atoms with van der Waals surface area (Å²) in [6.07, 6.45) is 9.40. The molecule has 0 fully saturated rings. The summed E-state index contributed by atoms with van der Waals surface area (Å²) in [5, 5.41) is 0. The van der Waals surface area contributed by atoms with Crippen molar-refractivity contribution in [3.63, 3.8) is 0 Å². The first-order valence-electron chi connectivity index (χ1n) is 3.22. The lowest BCUT2D eigenvalue weighted by molar-refractivity contribution is 1.47. The predicted molar refractivity (Wildman–Crippen MR) is 47.5 cm³/mol. The Bertz CT molecular complexity index is 173. The number of hydrogen-bond donors (Lipinski definition) is 0. The van der Waals surface area contributed by atoms with E-state index in [0.717, 1.165) is 5.57 Å². The lowest BCUT2D eigenvalue weighted by Crippen LogP contribution is -1.71. The molecule has 0 N–H and O–H groups in total. The van der Waals surface area contributed by atoms with Crippen LogP contribution < -0.4 is 0 Å². The number of aliphatic imine (C=N–C) groups is 1. The average Bonchev–Trinajstić information content (AvgIpc) is 1.98. The Morgan fingerprint density at radius 1 is 1.50 bits per heavy atom. The van der Waals surface area contributed by atoms with E-state index < -0.39 is 0 Å². The van der Waals surface area contributed by atoms with Crippen molar-refractivity contribution in [3.05, 3.63) is 36.5 Å². The standard InChI is InChI=1S/C9H13N/c1-4-6-9(5-2)7-8-10-3/h4-8H,2H2,1,3H3/b6-4-,9-7-,10-8+. The maximum absolute atomic E-state index is 3.82. The second-order valence-electron chi connectivity index (χ2n) is 1.78. The maximum atomic E-state index is 3.82. The lowest BCUT2D eigenvalue weighted by Gasteiger charge is -1.86. The Kier molecular flexibility index (Phi) is 5.35. The molecule has 10 heavy (non-hydrogen) atoms. The van der Waals surface area contributed by atoms with Crippen LogP contribution in [0.1, 0.15) is 6.92 Å². The summed E-state index contributed by atoms with van der Waals surface area (Å²) in [5.41, 5.74) is 1.08. The molecule has 0 saturated carbocycles. The third-order valence-corrected chi connectivity index (χ3v) is 1.01. The molecule has 54 valence electrons. The Morgan fingerprint density at radius 2 is 2.20 bits per heavy atom. The van der Waals surface area contributed by atoms with Gasteiger partial charge in [-0.2, -0.15) is 0 Å². The zero-order valence-electron chi connectivity index (χ0n) is 6.54. The molecule has 0 heterocycles. The third-order valence-electron chi connectivity index (χ3n) is 1.01. The van der Waals surface area contributed by atoms with Crippen LogP contribution in [-0.4, -0.2) is 13.3 Å². The first-order chi connectivity index (χ1) is 4.85. The van der Waals surface area contributed by atoms with Gasteiger partial charge in [0.2, 0.25) is 0 Å². The monoisotopic (exact) mass is 135 g/mol. The Hall–Kier alpha value is -1.11. The van der Waals surface area contributed by atoms with Crippen LogP contribution in [0.2, 0.25) is 0 Å². The zero-order chi connectivity index (χ0) is 7.82. The summed E-state index contributed by atoms with van der Waals surface area (Å²) >= 11 is 0. The van der Waals surface area contributed by atoms with Crippen LogP contribution in [0.25, 0.3) is 0 Å². The molecular weight excluding hydrogens is 122 g/mol. The molecule has 1 heteroatoms. The predicted octanol–water partition coefficient (Wildman–Crippen LogP) is 2.38. The van der Waals surface area contributed by atoms with Crippen LogP contribution in [0.15, 0.2) is 41.4 Å². The van der Waals surface area contributed by atoms with Crippen LogP contribution in [0.5, 0.6) is 0 Å². The fraction of sp³-hybridized carbons (Fsp3) is 0.222. The molecule has 0 aliphatic rings. The van der Waals surface area contributed by atoms with E-state index in [4.69, 9.17) is 0 Å². The van der Waals surface area contributed by atoms with Gasteiger partial charge in [-0.3, -0.25) is 4.99 Å². The summed E-state index contributed by atoms with van der Waals surface area (Å²) in [7, 11) is 1.74. The van der Waals surface area contributed by atoms with E-state index in [1.807, 2.05) is 25.2 Å². The molecule has 0 aromatic carbocycles. The normalized spacial score (nSPS) is 13.2. The second kappa shape index (κ2) is 6.02. The lowest BCUT2D eigenvalue weighted by atomic mass is 10.2. The van der Waals surface area contributed by atoms with Crippen LogP contribution in [0, 0.1) is 0 Å². The molecule has 0 atom stereocenters. The fourth-order valence-electron chi connectivity index (χ4n) is 0.545. The van der Waals surface area contributed by atoms with Gasteiger partial charge in [-0.1, -0.05) is 24.8 Å². The van der Waals surface area contributed by atoms with E-state index in [1.165, 1.54) is 0 Å². The quantitative estimate of drug-likeness (QED) is 0.416. The minimum Gasteiger partial charge on any atom is -0.296 e. The first kappa shape index (κ1) is 8.89. The SMILES string of the molecule is C=CC(/C=C\C)=C/C=N/C. The van der Waals surface area contributed by atoms with Crippen LogP contribution in [0.3, 0.4) is 0 Å². The van der Waals surface area contributed by atoms with E-state index in [9.17, 15) is 0 Å².